The highest BCUT2D eigenvalue weighted by atomic mass is 32.2. The van der Waals surface area contributed by atoms with Crippen molar-refractivity contribution in [2.24, 2.45) is 0 Å². The molecule has 1 N–H and O–H groups in total. The van der Waals surface area contributed by atoms with E-state index in [1.807, 2.05) is 19.1 Å². The second-order valence-electron chi connectivity index (χ2n) is 10.3. The molecule has 8 heteroatoms. The number of carbonyl (C=O) groups excluding carboxylic acids is 1. The molecule has 1 aliphatic carbocycles. The molecule has 5 rings (SSSR count). The molecule has 1 aliphatic heterocycles. The van der Waals surface area contributed by atoms with Crippen molar-refractivity contribution in [2.45, 2.75) is 75.2 Å². The number of nitrogens with zero attached hydrogens (tertiary/aromatic N) is 3. The number of thioether (sulfide) groups is 1. The molecule has 1 saturated carbocycles. The summed E-state index contributed by atoms with van der Waals surface area (Å²) in [6, 6.07) is 14.4. The minimum absolute atomic E-state index is 0.0917. The summed E-state index contributed by atoms with van der Waals surface area (Å²) < 4.78 is 13.0. The quantitative estimate of drug-likeness (QED) is 0.413. The molecule has 1 fully saturated rings. The van der Waals surface area contributed by atoms with E-state index in [2.05, 4.69) is 65.1 Å². The van der Waals surface area contributed by atoms with Crippen molar-refractivity contribution >= 4 is 23.4 Å². The number of benzene rings is 2. The molecule has 2 aliphatic rings. The summed E-state index contributed by atoms with van der Waals surface area (Å²) in [7, 11) is 0. The van der Waals surface area contributed by atoms with Gasteiger partial charge in [-0.1, -0.05) is 69.6 Å². The highest BCUT2D eigenvalue weighted by Gasteiger charge is 2.28. The van der Waals surface area contributed by atoms with Crippen molar-refractivity contribution < 1.29 is 14.3 Å². The molecular formula is C27H32N4O3S. The predicted molar refractivity (Wildman–Crippen MR) is 138 cm³/mol. The molecule has 1 amide bonds. The van der Waals surface area contributed by atoms with Crippen LogP contribution in [0.3, 0.4) is 0 Å². The summed E-state index contributed by atoms with van der Waals surface area (Å²) in [5.74, 6) is 2.12. The molecule has 0 radical (unpaired) electrons. The average molecular weight is 493 g/mol. The molecule has 35 heavy (non-hydrogen) atoms. The molecule has 184 valence electrons. The third-order valence-electron chi connectivity index (χ3n) is 6.66. The summed E-state index contributed by atoms with van der Waals surface area (Å²) in [4.78, 5) is 13.0. The lowest BCUT2D eigenvalue weighted by atomic mass is 9.86. The number of carbonyl (C=O) groups is 1. The van der Waals surface area contributed by atoms with Gasteiger partial charge >= 0.3 is 0 Å². The van der Waals surface area contributed by atoms with Gasteiger partial charge in [0, 0.05) is 23.4 Å². The van der Waals surface area contributed by atoms with Crippen LogP contribution in [0.25, 0.3) is 11.4 Å². The maximum Gasteiger partial charge on any atom is 0.237 e. The smallest absolute Gasteiger partial charge is 0.237 e. The first kappa shape index (κ1) is 23.7. The number of aromatic nitrogens is 3. The molecule has 7 nitrogen and oxygen atoms in total. The molecular weight excluding hydrogens is 460 g/mol. The van der Waals surface area contributed by atoms with Gasteiger partial charge in [-0.05, 0) is 42.9 Å². The zero-order chi connectivity index (χ0) is 24.6. The van der Waals surface area contributed by atoms with Gasteiger partial charge in [0.1, 0.15) is 0 Å². The predicted octanol–water partition coefficient (Wildman–Crippen LogP) is 6.21. The number of nitrogens with one attached hydrogen (secondary N) is 1. The highest BCUT2D eigenvalue weighted by Crippen LogP contribution is 2.38. The van der Waals surface area contributed by atoms with Crippen LogP contribution < -0.4 is 14.8 Å². The zero-order valence-corrected chi connectivity index (χ0v) is 21.5. The van der Waals surface area contributed by atoms with Crippen molar-refractivity contribution in [1.29, 1.82) is 0 Å². The second-order valence-corrected chi connectivity index (χ2v) is 11.6. The Labute approximate surface area is 210 Å². The third-order valence-corrected chi connectivity index (χ3v) is 7.71. The topological polar surface area (TPSA) is 78.3 Å². The molecule has 0 saturated heterocycles. The minimum Gasteiger partial charge on any atom is -0.454 e. The van der Waals surface area contributed by atoms with Gasteiger partial charge in [-0.2, -0.15) is 0 Å². The average Bonchev–Trinajstić information content (AvgIpc) is 3.59. The highest BCUT2D eigenvalue weighted by molar-refractivity contribution is 8.00. The Balaban J connectivity index is 1.36. The monoisotopic (exact) mass is 492 g/mol. The molecule has 2 aromatic carbocycles. The van der Waals surface area contributed by atoms with Crippen molar-refractivity contribution in [3.8, 4) is 22.9 Å². The minimum atomic E-state index is -0.346. The maximum absolute atomic E-state index is 13.0. The van der Waals surface area contributed by atoms with E-state index >= 15 is 0 Å². The summed E-state index contributed by atoms with van der Waals surface area (Å²) in [5.41, 5.74) is 3.13. The van der Waals surface area contributed by atoms with Gasteiger partial charge in [-0.25, -0.2) is 0 Å². The summed E-state index contributed by atoms with van der Waals surface area (Å²) in [6.07, 6.45) is 4.62. The van der Waals surface area contributed by atoms with E-state index in [0.717, 1.165) is 29.4 Å². The molecule has 1 aromatic heterocycles. The Morgan fingerprint density at radius 3 is 2.49 bits per heavy atom. The molecule has 0 spiro atoms. The first-order valence-electron chi connectivity index (χ1n) is 12.2. The largest absolute Gasteiger partial charge is 0.454 e. The van der Waals surface area contributed by atoms with E-state index in [-0.39, 0.29) is 23.4 Å². The Morgan fingerprint density at radius 2 is 1.77 bits per heavy atom. The lowest BCUT2D eigenvalue weighted by Crippen LogP contribution is -2.23. The molecule has 0 bridgehead atoms. The van der Waals surface area contributed by atoms with E-state index < -0.39 is 0 Å². The Kier molecular flexibility index (Phi) is 6.49. The summed E-state index contributed by atoms with van der Waals surface area (Å²) in [6.45, 7) is 8.75. The maximum atomic E-state index is 13.0. The van der Waals surface area contributed by atoms with Crippen LogP contribution in [0.2, 0.25) is 0 Å². The van der Waals surface area contributed by atoms with Gasteiger partial charge in [0.05, 0.1) is 5.25 Å². The fourth-order valence-corrected chi connectivity index (χ4v) is 5.51. The van der Waals surface area contributed by atoms with Gasteiger partial charge in [0.2, 0.25) is 12.7 Å². The van der Waals surface area contributed by atoms with E-state index in [0.29, 0.717) is 23.2 Å². The second kappa shape index (κ2) is 9.57. The number of amides is 1. The number of hydrogen-bond acceptors (Lipinski definition) is 6. The van der Waals surface area contributed by atoms with E-state index in [1.165, 1.54) is 30.2 Å². The van der Waals surface area contributed by atoms with Crippen molar-refractivity contribution in [3.63, 3.8) is 0 Å². The molecule has 2 heterocycles. The van der Waals surface area contributed by atoms with Crippen LogP contribution >= 0.6 is 11.8 Å². The third kappa shape index (κ3) is 5.03. The van der Waals surface area contributed by atoms with Gasteiger partial charge in [-0.15, -0.1) is 10.2 Å². The number of rotatable bonds is 6. The normalized spacial score (nSPS) is 16.5. The Morgan fingerprint density at radius 1 is 1.06 bits per heavy atom. The fourth-order valence-electron chi connectivity index (χ4n) is 4.59. The van der Waals surface area contributed by atoms with Gasteiger partial charge in [-0.3, -0.25) is 9.36 Å². The van der Waals surface area contributed by atoms with Crippen LogP contribution in [0.4, 0.5) is 5.69 Å². The lowest BCUT2D eigenvalue weighted by Gasteiger charge is -2.20. The number of anilines is 1. The van der Waals surface area contributed by atoms with Crippen molar-refractivity contribution in [1.82, 2.24) is 14.8 Å². The molecule has 1 atom stereocenters. The van der Waals surface area contributed by atoms with E-state index in [1.54, 1.807) is 6.07 Å². The fraction of sp³-hybridized carbons (Fsp3) is 0.444. The van der Waals surface area contributed by atoms with Gasteiger partial charge < -0.3 is 14.8 Å². The van der Waals surface area contributed by atoms with Crippen LogP contribution in [-0.2, 0) is 10.2 Å². The van der Waals surface area contributed by atoms with Crippen LogP contribution in [-0.4, -0.2) is 32.7 Å². The van der Waals surface area contributed by atoms with E-state index in [4.69, 9.17) is 9.47 Å². The molecule has 0 unspecified atom stereocenters. The number of ether oxygens (including phenoxy) is 2. The number of hydrogen-bond donors (Lipinski definition) is 1. The van der Waals surface area contributed by atoms with Crippen molar-refractivity contribution in [2.75, 3.05) is 12.1 Å². The first-order chi connectivity index (χ1) is 16.8. The van der Waals surface area contributed by atoms with Crippen LogP contribution in [0, 0.1) is 0 Å². The van der Waals surface area contributed by atoms with Gasteiger partial charge in [0.25, 0.3) is 0 Å². The Bertz CT molecular complexity index is 1210. The van der Waals surface area contributed by atoms with Crippen molar-refractivity contribution in [3.05, 3.63) is 48.0 Å². The zero-order valence-electron chi connectivity index (χ0n) is 20.7. The molecule has 3 aromatic rings. The SMILES string of the molecule is C[C@@H](Sc1nnc(-c2ccc(C(C)(C)C)cc2)n1C1CCCC1)C(=O)Nc1ccc2c(c1)OCO2. The van der Waals surface area contributed by atoms with Crippen LogP contribution in [0.15, 0.2) is 47.6 Å². The number of fused-ring (bicyclic) bond motifs is 1. The standard InChI is InChI=1S/C27H32N4O3S/c1-17(25(32)28-20-13-14-22-23(15-20)34-16-33-22)35-26-30-29-24(31(26)21-7-5-6-8-21)18-9-11-19(12-10-18)27(2,3)4/h9-15,17,21H,5-8,16H2,1-4H3,(H,28,32)/t17-/m1/s1. The van der Waals surface area contributed by atoms with Gasteiger partial charge in [0.15, 0.2) is 22.5 Å². The lowest BCUT2D eigenvalue weighted by molar-refractivity contribution is -0.115. The Hall–Kier alpha value is -3.00. The van der Waals surface area contributed by atoms with Crippen LogP contribution in [0.1, 0.15) is 65.0 Å². The van der Waals surface area contributed by atoms with Crippen LogP contribution in [0.5, 0.6) is 11.5 Å². The summed E-state index contributed by atoms with van der Waals surface area (Å²) in [5, 5.41) is 12.6. The first-order valence-corrected chi connectivity index (χ1v) is 13.1. The summed E-state index contributed by atoms with van der Waals surface area (Å²) >= 11 is 1.45. The van der Waals surface area contributed by atoms with E-state index in [9.17, 15) is 4.79 Å².